The van der Waals surface area contributed by atoms with Crippen molar-refractivity contribution in [1.29, 1.82) is 0 Å². The smallest absolute Gasteiger partial charge is 0.249 e. The first-order valence-electron chi connectivity index (χ1n) is 5.96. The predicted molar refractivity (Wildman–Crippen MR) is 75.5 cm³/mol. The summed E-state index contributed by atoms with van der Waals surface area (Å²) in [5, 5.41) is 9.85. The lowest BCUT2D eigenvalue weighted by Gasteiger charge is -2.12. The second-order valence-electron chi connectivity index (χ2n) is 4.29. The van der Waals surface area contributed by atoms with Crippen LogP contribution in [-0.2, 0) is 6.42 Å². The van der Waals surface area contributed by atoms with Gasteiger partial charge in [-0.2, -0.15) is 0 Å². The lowest BCUT2D eigenvalue weighted by atomic mass is 10.0. The van der Waals surface area contributed by atoms with Crippen molar-refractivity contribution in [3.8, 4) is 17.2 Å². The topological polar surface area (TPSA) is 97.6 Å². The Hall–Kier alpha value is -2.63. The van der Waals surface area contributed by atoms with Crippen LogP contribution in [0.25, 0.3) is 0 Å². The Labute approximate surface area is 115 Å². The Kier molecular flexibility index (Phi) is 3.84. The van der Waals surface area contributed by atoms with E-state index in [1.54, 1.807) is 18.2 Å². The lowest BCUT2D eigenvalue weighted by molar-refractivity contribution is 0.339. The Balaban J connectivity index is 2.40. The number of hydrogen-bond acceptors (Lipinski definition) is 5. The number of H-pyrrole nitrogens is 1. The summed E-state index contributed by atoms with van der Waals surface area (Å²) in [4.78, 5) is 13.7. The molecule has 1 heterocycles. The summed E-state index contributed by atoms with van der Waals surface area (Å²) in [6.45, 7) is 0. The Morgan fingerprint density at radius 2 is 1.80 bits per heavy atom. The number of nitrogen functional groups attached to an aromatic ring is 1. The molecule has 0 aliphatic rings. The molecule has 2 rings (SSSR count). The number of benzene rings is 1. The van der Waals surface area contributed by atoms with Crippen LogP contribution in [0.15, 0.2) is 29.1 Å². The van der Waals surface area contributed by atoms with Gasteiger partial charge >= 0.3 is 0 Å². The molecule has 0 amide bonds. The van der Waals surface area contributed by atoms with E-state index in [0.29, 0.717) is 23.7 Å². The van der Waals surface area contributed by atoms with Crippen molar-refractivity contribution in [3.63, 3.8) is 0 Å². The number of rotatable bonds is 4. The molecule has 0 spiro atoms. The fourth-order valence-corrected chi connectivity index (χ4v) is 1.94. The van der Waals surface area contributed by atoms with Gasteiger partial charge in [0.15, 0.2) is 11.5 Å². The molecule has 106 valence electrons. The van der Waals surface area contributed by atoms with Crippen LogP contribution < -0.4 is 20.8 Å². The number of ether oxygens (including phenoxy) is 2. The summed E-state index contributed by atoms with van der Waals surface area (Å²) in [7, 11) is 2.93. The average Bonchev–Trinajstić information content (AvgIpc) is 2.43. The van der Waals surface area contributed by atoms with Crippen molar-refractivity contribution < 1.29 is 14.6 Å². The summed E-state index contributed by atoms with van der Waals surface area (Å²) < 4.78 is 10.2. The summed E-state index contributed by atoms with van der Waals surface area (Å²) in [6, 6.07) is 6.48. The number of aromatic nitrogens is 1. The maximum atomic E-state index is 11.1. The molecule has 0 aliphatic heterocycles. The fraction of sp³-hybridized carbons (Fsp3) is 0.214. The minimum atomic E-state index is -0.243. The van der Waals surface area contributed by atoms with E-state index in [0.717, 1.165) is 11.1 Å². The van der Waals surface area contributed by atoms with Crippen molar-refractivity contribution in [1.82, 2.24) is 4.98 Å². The van der Waals surface area contributed by atoms with Gasteiger partial charge in [-0.15, -0.1) is 0 Å². The van der Waals surface area contributed by atoms with E-state index < -0.39 is 0 Å². The number of phenols is 1. The van der Waals surface area contributed by atoms with E-state index in [9.17, 15) is 9.90 Å². The summed E-state index contributed by atoms with van der Waals surface area (Å²) in [5.41, 5.74) is 7.15. The highest BCUT2D eigenvalue weighted by molar-refractivity contribution is 5.54. The summed E-state index contributed by atoms with van der Waals surface area (Å²) >= 11 is 0. The van der Waals surface area contributed by atoms with Gasteiger partial charge in [-0.3, -0.25) is 4.79 Å². The van der Waals surface area contributed by atoms with Gasteiger partial charge < -0.3 is 25.3 Å². The van der Waals surface area contributed by atoms with E-state index in [4.69, 9.17) is 15.2 Å². The number of pyridine rings is 1. The molecule has 0 aliphatic carbocycles. The SMILES string of the molecule is COc1cc(Cc2ccc(=O)[nH]c2N)cc(OC)c1O. The van der Waals surface area contributed by atoms with Crippen LogP contribution in [0.3, 0.4) is 0 Å². The number of phenolic OH excluding ortho intramolecular Hbond substituents is 1. The molecule has 0 unspecified atom stereocenters. The third kappa shape index (κ3) is 2.69. The second-order valence-corrected chi connectivity index (χ2v) is 4.29. The van der Waals surface area contributed by atoms with Gasteiger partial charge in [-0.1, -0.05) is 0 Å². The van der Waals surface area contributed by atoms with Gasteiger partial charge in [-0.05, 0) is 29.3 Å². The van der Waals surface area contributed by atoms with Crippen molar-refractivity contribution in [2.75, 3.05) is 20.0 Å². The summed E-state index contributed by atoms with van der Waals surface area (Å²) in [5.74, 6) is 0.918. The monoisotopic (exact) mass is 276 g/mol. The van der Waals surface area contributed by atoms with E-state index in [1.165, 1.54) is 20.3 Å². The van der Waals surface area contributed by atoms with E-state index in [2.05, 4.69) is 4.98 Å². The lowest BCUT2D eigenvalue weighted by Crippen LogP contribution is -2.09. The molecule has 6 heteroatoms. The normalized spacial score (nSPS) is 10.3. The second kappa shape index (κ2) is 5.56. The highest BCUT2D eigenvalue weighted by Crippen LogP contribution is 2.37. The Morgan fingerprint density at radius 1 is 1.20 bits per heavy atom. The molecule has 4 N–H and O–H groups in total. The van der Waals surface area contributed by atoms with Crippen molar-refractivity contribution >= 4 is 5.82 Å². The van der Waals surface area contributed by atoms with E-state index in [-0.39, 0.29) is 11.3 Å². The third-order valence-corrected chi connectivity index (χ3v) is 2.97. The highest BCUT2D eigenvalue weighted by atomic mass is 16.5. The number of hydrogen-bond donors (Lipinski definition) is 3. The molecule has 0 bridgehead atoms. The number of methoxy groups -OCH3 is 2. The predicted octanol–water partition coefficient (Wildman–Crippen LogP) is 1.27. The number of nitrogens with two attached hydrogens (primary N) is 1. The van der Waals surface area contributed by atoms with Crippen LogP contribution in [0, 0.1) is 0 Å². The van der Waals surface area contributed by atoms with Crippen LogP contribution in [0.1, 0.15) is 11.1 Å². The minimum Gasteiger partial charge on any atom is -0.502 e. The van der Waals surface area contributed by atoms with Gasteiger partial charge in [-0.25, -0.2) is 0 Å². The maximum Gasteiger partial charge on any atom is 0.249 e. The molecular weight excluding hydrogens is 260 g/mol. The quantitative estimate of drug-likeness (QED) is 0.781. The summed E-state index contributed by atoms with van der Waals surface area (Å²) in [6.07, 6.45) is 0.482. The van der Waals surface area contributed by atoms with Crippen molar-refractivity contribution in [3.05, 3.63) is 45.7 Å². The van der Waals surface area contributed by atoms with Gasteiger partial charge in [0, 0.05) is 12.5 Å². The molecule has 0 radical (unpaired) electrons. The zero-order chi connectivity index (χ0) is 14.7. The zero-order valence-electron chi connectivity index (χ0n) is 11.3. The fourth-order valence-electron chi connectivity index (χ4n) is 1.94. The average molecular weight is 276 g/mol. The molecule has 1 aromatic heterocycles. The van der Waals surface area contributed by atoms with Gasteiger partial charge in [0.2, 0.25) is 11.3 Å². The van der Waals surface area contributed by atoms with Gasteiger partial charge in [0.05, 0.1) is 14.2 Å². The molecular formula is C14H16N2O4. The standard InChI is InChI=1S/C14H16N2O4/c1-19-10-6-8(7-11(20-2)13(10)18)5-9-3-4-12(17)16-14(9)15/h3-4,6-7,18H,5H2,1-2H3,(H3,15,16,17). The molecule has 1 aromatic carbocycles. The number of aromatic amines is 1. The van der Waals surface area contributed by atoms with Crippen molar-refractivity contribution in [2.24, 2.45) is 0 Å². The maximum absolute atomic E-state index is 11.1. The van der Waals surface area contributed by atoms with E-state index >= 15 is 0 Å². The largest absolute Gasteiger partial charge is 0.502 e. The zero-order valence-corrected chi connectivity index (χ0v) is 11.3. The first-order chi connectivity index (χ1) is 9.55. The van der Waals surface area contributed by atoms with Crippen LogP contribution in [0.4, 0.5) is 5.82 Å². The Morgan fingerprint density at radius 3 is 2.30 bits per heavy atom. The van der Waals surface area contributed by atoms with Crippen LogP contribution in [-0.4, -0.2) is 24.3 Å². The van der Waals surface area contributed by atoms with Crippen LogP contribution in [0.2, 0.25) is 0 Å². The molecule has 20 heavy (non-hydrogen) atoms. The molecule has 0 saturated carbocycles. The minimum absolute atomic E-state index is 0.0480. The van der Waals surface area contributed by atoms with E-state index in [1.807, 2.05) is 0 Å². The first kappa shape index (κ1) is 13.8. The molecule has 6 nitrogen and oxygen atoms in total. The molecule has 0 fully saturated rings. The molecule has 2 aromatic rings. The highest BCUT2D eigenvalue weighted by Gasteiger charge is 2.12. The molecule has 0 saturated heterocycles. The van der Waals surface area contributed by atoms with Crippen LogP contribution in [0.5, 0.6) is 17.2 Å². The van der Waals surface area contributed by atoms with Gasteiger partial charge in [0.1, 0.15) is 5.82 Å². The first-order valence-corrected chi connectivity index (χ1v) is 5.96. The molecule has 0 atom stereocenters. The number of aromatic hydroxyl groups is 1. The third-order valence-electron chi connectivity index (χ3n) is 2.97. The number of anilines is 1. The Bertz CT molecular complexity index is 654. The van der Waals surface area contributed by atoms with Gasteiger partial charge in [0.25, 0.3) is 0 Å². The van der Waals surface area contributed by atoms with Crippen LogP contribution >= 0.6 is 0 Å². The van der Waals surface area contributed by atoms with Crippen molar-refractivity contribution in [2.45, 2.75) is 6.42 Å². The number of nitrogens with one attached hydrogen (secondary N) is 1.